The van der Waals surface area contributed by atoms with Crippen LogP contribution < -0.4 is 5.32 Å². The van der Waals surface area contributed by atoms with Gasteiger partial charge in [-0.2, -0.15) is 0 Å². The first-order valence-corrected chi connectivity index (χ1v) is 11.5. The summed E-state index contributed by atoms with van der Waals surface area (Å²) in [6.45, 7) is 4.06. The minimum Gasteiger partial charge on any atom is -0.505 e. The molecule has 33 heavy (non-hydrogen) atoms. The second-order valence-corrected chi connectivity index (χ2v) is 10.8. The second kappa shape index (κ2) is 6.96. The number of carboxylic acids is 1. The fourth-order valence-corrected chi connectivity index (χ4v) is 7.33. The lowest BCUT2D eigenvalue weighted by molar-refractivity contribution is -0.169. The first-order chi connectivity index (χ1) is 15.4. The van der Waals surface area contributed by atoms with Crippen LogP contribution in [-0.2, 0) is 14.3 Å². The molecular weight excluding hydrogens is 450 g/mol. The van der Waals surface area contributed by atoms with Crippen LogP contribution in [0.1, 0.15) is 56.3 Å². The van der Waals surface area contributed by atoms with Crippen molar-refractivity contribution < 1.29 is 34.4 Å². The number of anilines is 1. The zero-order valence-corrected chi connectivity index (χ0v) is 19.1. The molecule has 8 nitrogen and oxygen atoms in total. The molecule has 2 saturated carbocycles. The van der Waals surface area contributed by atoms with Crippen LogP contribution in [0, 0.1) is 22.7 Å². The third-order valence-corrected chi connectivity index (χ3v) is 8.80. The number of aromatic carboxylic acids is 1. The quantitative estimate of drug-likeness (QED) is 0.475. The number of hydrogen-bond acceptors (Lipinski definition) is 6. The highest BCUT2D eigenvalue weighted by Gasteiger charge is 2.71. The van der Waals surface area contributed by atoms with Gasteiger partial charge in [-0.15, -0.1) is 0 Å². The molecule has 6 rings (SSSR count). The maximum atomic E-state index is 13.1. The number of rotatable bonds is 5. The Morgan fingerprint density at radius 3 is 2.67 bits per heavy atom. The molecule has 0 unspecified atom stereocenters. The molecule has 5 aliphatic rings. The van der Waals surface area contributed by atoms with Gasteiger partial charge < -0.3 is 25.4 Å². The van der Waals surface area contributed by atoms with Crippen molar-refractivity contribution in [1.82, 2.24) is 0 Å². The van der Waals surface area contributed by atoms with E-state index in [0.717, 1.165) is 25.3 Å². The molecule has 1 amide bonds. The van der Waals surface area contributed by atoms with Crippen LogP contribution in [0.5, 0.6) is 11.5 Å². The van der Waals surface area contributed by atoms with E-state index in [-0.39, 0.29) is 46.7 Å². The van der Waals surface area contributed by atoms with Crippen molar-refractivity contribution in [2.45, 2.75) is 57.7 Å². The van der Waals surface area contributed by atoms with Crippen LogP contribution in [-0.4, -0.2) is 44.7 Å². The Hall–Kier alpha value is -2.58. The predicted molar refractivity (Wildman–Crippen MR) is 118 cm³/mol. The van der Waals surface area contributed by atoms with E-state index in [4.69, 9.17) is 16.3 Å². The van der Waals surface area contributed by atoms with Crippen molar-refractivity contribution in [2.24, 2.45) is 22.7 Å². The minimum absolute atomic E-state index is 0.0197. The van der Waals surface area contributed by atoms with E-state index in [1.54, 1.807) is 6.08 Å². The fraction of sp³-hybridized carbons (Fsp3) is 0.542. The van der Waals surface area contributed by atoms with E-state index in [9.17, 15) is 29.7 Å². The van der Waals surface area contributed by atoms with Gasteiger partial charge >= 0.3 is 5.97 Å². The monoisotopic (exact) mass is 475 g/mol. The lowest BCUT2D eigenvalue weighted by Gasteiger charge is -2.55. The SMILES string of the molecule is C[C@@]12C[C@]34C=CC(=O)[C@](C)(CCC(=O)Nc5c(O)c(Cl)cc(C(=O)O)c5O)[C@H]3[C@@H](C[C@H]1C4)O2. The number of carbonyl (C=O) groups is 3. The minimum atomic E-state index is -1.46. The largest absolute Gasteiger partial charge is 0.505 e. The zero-order chi connectivity index (χ0) is 23.9. The van der Waals surface area contributed by atoms with Gasteiger partial charge in [-0.25, -0.2) is 4.79 Å². The average Bonchev–Trinajstić information content (AvgIpc) is 3.11. The molecule has 0 aromatic heterocycles. The molecule has 6 atom stereocenters. The molecule has 1 aromatic rings. The Morgan fingerprint density at radius 2 is 2.00 bits per heavy atom. The highest BCUT2D eigenvalue weighted by molar-refractivity contribution is 6.33. The van der Waals surface area contributed by atoms with E-state index in [1.807, 2.05) is 6.92 Å². The van der Waals surface area contributed by atoms with Gasteiger partial charge in [0.1, 0.15) is 11.3 Å². The van der Waals surface area contributed by atoms with Crippen LogP contribution in [0.3, 0.4) is 0 Å². The molecular formula is C24H26ClNO7. The normalized spacial score (nSPS) is 37.9. The van der Waals surface area contributed by atoms with Gasteiger partial charge in [0, 0.05) is 17.8 Å². The van der Waals surface area contributed by atoms with E-state index in [1.165, 1.54) is 0 Å². The first-order valence-electron chi connectivity index (χ1n) is 11.1. The number of halogens is 1. The summed E-state index contributed by atoms with van der Waals surface area (Å²) in [6, 6.07) is 0.905. The van der Waals surface area contributed by atoms with Gasteiger partial charge in [0.25, 0.3) is 0 Å². The summed E-state index contributed by atoms with van der Waals surface area (Å²) in [5.74, 6) is -3.00. The second-order valence-electron chi connectivity index (χ2n) is 10.4. The number of ketones is 1. The fourth-order valence-electron chi connectivity index (χ4n) is 7.13. The summed E-state index contributed by atoms with van der Waals surface area (Å²) in [6.07, 6.45) is 6.69. The molecule has 176 valence electrons. The molecule has 4 bridgehead atoms. The predicted octanol–water partition coefficient (Wildman–Crippen LogP) is 3.89. The number of aromatic hydroxyl groups is 2. The lowest BCUT2D eigenvalue weighted by atomic mass is 9.51. The third kappa shape index (κ3) is 3.03. The van der Waals surface area contributed by atoms with E-state index in [0.29, 0.717) is 5.92 Å². The zero-order valence-electron chi connectivity index (χ0n) is 18.4. The van der Waals surface area contributed by atoms with Crippen molar-refractivity contribution in [2.75, 3.05) is 5.32 Å². The summed E-state index contributed by atoms with van der Waals surface area (Å²) in [5.41, 5.74) is -2.04. The van der Waals surface area contributed by atoms with Gasteiger partial charge in [0.05, 0.1) is 16.7 Å². The molecule has 4 fully saturated rings. The van der Waals surface area contributed by atoms with E-state index < -0.39 is 40.0 Å². The molecule has 3 aliphatic carbocycles. The molecule has 2 heterocycles. The Kier molecular flexibility index (Phi) is 4.69. The number of phenolic OH excluding ortho intramolecular Hbond substituents is 1. The number of phenols is 2. The van der Waals surface area contributed by atoms with E-state index in [2.05, 4.69) is 18.3 Å². The summed E-state index contributed by atoms with van der Waals surface area (Å²) in [4.78, 5) is 37.2. The highest BCUT2D eigenvalue weighted by atomic mass is 35.5. The smallest absolute Gasteiger partial charge is 0.339 e. The Balaban J connectivity index is 1.37. The summed E-state index contributed by atoms with van der Waals surface area (Å²) < 4.78 is 6.41. The van der Waals surface area contributed by atoms with Crippen molar-refractivity contribution >= 4 is 34.9 Å². The molecule has 2 aliphatic heterocycles. The standard InChI is InChI=1S/C24H26ClNO7/c1-22(5-4-16(28)26-17-18(29)12(21(31)32)8-13(25)19(17)30)15(27)3-6-24-9-11-7-14(20(22)24)33-23(11,2)10-24/h3,6,8,11,14,20,29-30H,4-5,7,9-10H2,1-2H3,(H,26,28)(H,31,32)/t11-,14+,20+,22-,23+,24+/m0/s1. The molecule has 1 spiro atoms. The number of carbonyl (C=O) groups excluding carboxylic acids is 2. The number of carboxylic acid groups (broad SMARTS) is 1. The number of amides is 1. The van der Waals surface area contributed by atoms with Gasteiger partial charge in [-0.1, -0.05) is 24.6 Å². The molecule has 1 aromatic carbocycles. The number of allylic oxidation sites excluding steroid dienone is 2. The van der Waals surface area contributed by atoms with Gasteiger partial charge in [-0.3, -0.25) is 9.59 Å². The van der Waals surface area contributed by atoms with Gasteiger partial charge in [0.2, 0.25) is 5.91 Å². The topological polar surface area (TPSA) is 133 Å². The Labute approximate surface area is 195 Å². The maximum Gasteiger partial charge on any atom is 0.339 e. The Bertz CT molecular complexity index is 1130. The number of ether oxygens (including phenoxy) is 1. The van der Waals surface area contributed by atoms with Gasteiger partial charge in [-0.05, 0) is 56.1 Å². The summed E-state index contributed by atoms with van der Waals surface area (Å²) in [7, 11) is 0. The van der Waals surface area contributed by atoms with Crippen LogP contribution in [0.4, 0.5) is 5.69 Å². The van der Waals surface area contributed by atoms with Crippen molar-refractivity contribution in [3.05, 3.63) is 28.8 Å². The molecule has 2 saturated heterocycles. The molecule has 4 N–H and O–H groups in total. The van der Waals surface area contributed by atoms with E-state index >= 15 is 0 Å². The third-order valence-electron chi connectivity index (χ3n) is 8.51. The van der Waals surface area contributed by atoms with Crippen LogP contribution in [0.2, 0.25) is 5.02 Å². The van der Waals surface area contributed by atoms with Crippen LogP contribution >= 0.6 is 11.6 Å². The number of benzene rings is 1. The Morgan fingerprint density at radius 1 is 1.27 bits per heavy atom. The lowest BCUT2D eigenvalue weighted by Crippen LogP contribution is -2.56. The number of hydrogen-bond donors (Lipinski definition) is 4. The molecule has 0 radical (unpaired) electrons. The highest BCUT2D eigenvalue weighted by Crippen LogP contribution is 2.71. The van der Waals surface area contributed by atoms with Crippen LogP contribution in [0.15, 0.2) is 18.2 Å². The van der Waals surface area contributed by atoms with Crippen molar-refractivity contribution in [3.63, 3.8) is 0 Å². The molecule has 9 heteroatoms. The maximum absolute atomic E-state index is 13.1. The first kappa shape index (κ1) is 22.2. The summed E-state index contributed by atoms with van der Waals surface area (Å²) >= 11 is 5.86. The van der Waals surface area contributed by atoms with Crippen LogP contribution in [0.25, 0.3) is 0 Å². The average molecular weight is 476 g/mol. The van der Waals surface area contributed by atoms with Crippen molar-refractivity contribution in [1.29, 1.82) is 0 Å². The van der Waals surface area contributed by atoms with Gasteiger partial charge in [0.15, 0.2) is 17.3 Å². The number of nitrogens with one attached hydrogen (secondary N) is 1. The summed E-state index contributed by atoms with van der Waals surface area (Å²) in [5, 5.41) is 31.6. The van der Waals surface area contributed by atoms with Crippen molar-refractivity contribution in [3.8, 4) is 11.5 Å².